The van der Waals surface area contributed by atoms with Crippen LogP contribution in [0.2, 0.25) is 0 Å². The molecule has 2 nitrogen and oxygen atoms in total. The average Bonchev–Trinajstić information content (AvgIpc) is 2.36. The van der Waals surface area contributed by atoms with E-state index in [-0.39, 0.29) is 11.8 Å². The molecule has 0 N–H and O–H groups in total. The van der Waals surface area contributed by atoms with Gasteiger partial charge < -0.3 is 0 Å². The Morgan fingerprint density at radius 2 is 2.17 bits per heavy atom. The highest BCUT2D eigenvalue weighted by molar-refractivity contribution is 5.83. The van der Waals surface area contributed by atoms with Crippen LogP contribution in [0.4, 0.5) is 0 Å². The molecule has 64 valence electrons. The lowest BCUT2D eigenvalue weighted by molar-refractivity contribution is -0.123. The van der Waals surface area contributed by atoms with Crippen molar-refractivity contribution in [2.75, 3.05) is 0 Å². The summed E-state index contributed by atoms with van der Waals surface area (Å²) in [6, 6.07) is 2.30. The first-order chi connectivity index (χ1) is 5.83. The number of carbonyl (C=O) groups excluding carboxylic acids is 1. The summed E-state index contributed by atoms with van der Waals surface area (Å²) >= 11 is 0. The number of carbonyl (C=O) groups is 1. The third-order valence-electron chi connectivity index (χ3n) is 3.36. The highest BCUT2D eigenvalue weighted by Gasteiger charge is 2.41. The zero-order chi connectivity index (χ0) is 8.55. The molecule has 3 unspecified atom stereocenters. The SMILES string of the molecule is N#CC1CCC1C1CCCC1=O. The van der Waals surface area contributed by atoms with E-state index in [1.165, 1.54) is 0 Å². The van der Waals surface area contributed by atoms with Crippen molar-refractivity contribution in [3.05, 3.63) is 0 Å². The van der Waals surface area contributed by atoms with E-state index in [9.17, 15) is 4.79 Å². The Kier molecular flexibility index (Phi) is 1.88. The molecule has 0 aromatic heterocycles. The van der Waals surface area contributed by atoms with Crippen molar-refractivity contribution >= 4 is 5.78 Å². The Hall–Kier alpha value is -0.840. The fourth-order valence-electron chi connectivity index (χ4n) is 2.46. The second kappa shape index (κ2) is 2.90. The fraction of sp³-hybridized carbons (Fsp3) is 0.800. The highest BCUT2D eigenvalue weighted by atomic mass is 16.1. The highest BCUT2D eigenvalue weighted by Crippen LogP contribution is 2.44. The summed E-state index contributed by atoms with van der Waals surface area (Å²) in [5.41, 5.74) is 0. The second-order valence-electron chi connectivity index (χ2n) is 3.94. The smallest absolute Gasteiger partial charge is 0.136 e. The second-order valence-corrected chi connectivity index (χ2v) is 3.94. The van der Waals surface area contributed by atoms with Gasteiger partial charge in [-0.1, -0.05) is 0 Å². The van der Waals surface area contributed by atoms with Crippen LogP contribution in [0.1, 0.15) is 32.1 Å². The van der Waals surface area contributed by atoms with E-state index < -0.39 is 0 Å². The lowest BCUT2D eigenvalue weighted by atomic mass is 9.67. The van der Waals surface area contributed by atoms with Gasteiger partial charge in [0.1, 0.15) is 5.78 Å². The molecule has 0 heterocycles. The van der Waals surface area contributed by atoms with Crippen LogP contribution >= 0.6 is 0 Å². The van der Waals surface area contributed by atoms with Crippen LogP contribution in [0, 0.1) is 29.1 Å². The Labute approximate surface area is 72.6 Å². The van der Waals surface area contributed by atoms with Gasteiger partial charge in [-0.15, -0.1) is 0 Å². The summed E-state index contributed by atoms with van der Waals surface area (Å²) in [5.74, 6) is 1.28. The number of hydrogen-bond acceptors (Lipinski definition) is 2. The molecule has 12 heavy (non-hydrogen) atoms. The van der Waals surface area contributed by atoms with Crippen LogP contribution in [0.25, 0.3) is 0 Å². The van der Waals surface area contributed by atoms with Gasteiger partial charge in [0, 0.05) is 18.3 Å². The zero-order valence-electron chi connectivity index (χ0n) is 7.12. The van der Waals surface area contributed by atoms with Gasteiger partial charge in [-0.05, 0) is 31.6 Å². The maximum absolute atomic E-state index is 11.4. The van der Waals surface area contributed by atoms with Crippen LogP contribution in [0.3, 0.4) is 0 Å². The maximum Gasteiger partial charge on any atom is 0.136 e. The van der Waals surface area contributed by atoms with E-state index >= 15 is 0 Å². The predicted molar refractivity (Wildman–Crippen MR) is 44.2 cm³/mol. The first-order valence-corrected chi connectivity index (χ1v) is 4.75. The van der Waals surface area contributed by atoms with Crippen molar-refractivity contribution in [2.45, 2.75) is 32.1 Å². The molecule has 0 bridgehead atoms. The maximum atomic E-state index is 11.4. The molecule has 2 saturated carbocycles. The van der Waals surface area contributed by atoms with E-state index in [1.807, 2.05) is 0 Å². The molecule has 0 saturated heterocycles. The number of Topliss-reactive ketones (excluding diaryl/α,β-unsaturated/α-hetero) is 1. The summed E-state index contributed by atoms with van der Waals surface area (Å²) in [7, 11) is 0. The quantitative estimate of drug-likeness (QED) is 0.592. The molecule has 2 fully saturated rings. The van der Waals surface area contributed by atoms with Crippen LogP contribution in [0.5, 0.6) is 0 Å². The van der Waals surface area contributed by atoms with Crippen molar-refractivity contribution in [1.82, 2.24) is 0 Å². The third kappa shape index (κ3) is 1.04. The van der Waals surface area contributed by atoms with Crippen LogP contribution in [0.15, 0.2) is 0 Å². The van der Waals surface area contributed by atoms with E-state index in [1.54, 1.807) is 0 Å². The van der Waals surface area contributed by atoms with Crippen molar-refractivity contribution in [3.8, 4) is 6.07 Å². The number of rotatable bonds is 1. The van der Waals surface area contributed by atoms with Crippen molar-refractivity contribution < 1.29 is 4.79 Å². The molecular formula is C10H13NO. The van der Waals surface area contributed by atoms with E-state index in [2.05, 4.69) is 6.07 Å². The van der Waals surface area contributed by atoms with Crippen LogP contribution in [-0.4, -0.2) is 5.78 Å². The predicted octanol–water partition coefficient (Wildman–Crippen LogP) is 1.91. The topological polar surface area (TPSA) is 40.9 Å². The number of hydrogen-bond donors (Lipinski definition) is 0. The monoisotopic (exact) mass is 163 g/mol. The third-order valence-corrected chi connectivity index (χ3v) is 3.36. The van der Waals surface area contributed by atoms with E-state index in [0.29, 0.717) is 11.7 Å². The molecule has 2 aliphatic rings. The molecule has 0 amide bonds. The standard InChI is InChI=1S/C10H13NO/c11-6-7-4-5-8(7)9-2-1-3-10(9)12/h7-9H,1-5H2. The van der Waals surface area contributed by atoms with E-state index in [0.717, 1.165) is 32.1 Å². The van der Waals surface area contributed by atoms with E-state index in [4.69, 9.17) is 5.26 Å². The Morgan fingerprint density at radius 1 is 1.33 bits per heavy atom. The molecule has 0 aliphatic heterocycles. The summed E-state index contributed by atoms with van der Waals surface area (Å²) in [6.45, 7) is 0. The van der Waals surface area contributed by atoms with Crippen LogP contribution < -0.4 is 0 Å². The lowest BCUT2D eigenvalue weighted by Gasteiger charge is -2.35. The van der Waals surface area contributed by atoms with Gasteiger partial charge in [-0.25, -0.2) is 0 Å². The number of nitrogens with zero attached hydrogens (tertiary/aromatic N) is 1. The minimum absolute atomic E-state index is 0.192. The summed E-state index contributed by atoms with van der Waals surface area (Å²) in [5, 5.41) is 8.74. The molecule has 0 aromatic carbocycles. The molecular weight excluding hydrogens is 150 g/mol. The van der Waals surface area contributed by atoms with Gasteiger partial charge in [-0.2, -0.15) is 5.26 Å². The summed E-state index contributed by atoms with van der Waals surface area (Å²) < 4.78 is 0. The molecule has 2 rings (SSSR count). The lowest BCUT2D eigenvalue weighted by Crippen LogP contribution is -2.33. The minimum Gasteiger partial charge on any atom is -0.299 e. The molecule has 2 aliphatic carbocycles. The van der Waals surface area contributed by atoms with Crippen LogP contribution in [-0.2, 0) is 4.79 Å². The van der Waals surface area contributed by atoms with Crippen molar-refractivity contribution in [2.24, 2.45) is 17.8 Å². The normalized spacial score (nSPS) is 40.6. The summed E-state index contributed by atoms with van der Waals surface area (Å²) in [4.78, 5) is 11.4. The molecule has 0 radical (unpaired) electrons. The first-order valence-electron chi connectivity index (χ1n) is 4.75. The largest absolute Gasteiger partial charge is 0.299 e. The average molecular weight is 163 g/mol. The van der Waals surface area contributed by atoms with Crippen molar-refractivity contribution in [3.63, 3.8) is 0 Å². The van der Waals surface area contributed by atoms with Gasteiger partial charge in [0.25, 0.3) is 0 Å². The molecule has 0 spiro atoms. The molecule has 2 heteroatoms. The molecule has 0 aromatic rings. The van der Waals surface area contributed by atoms with Gasteiger partial charge in [0.05, 0.1) is 6.07 Å². The Morgan fingerprint density at radius 3 is 2.58 bits per heavy atom. The minimum atomic E-state index is 0.192. The zero-order valence-corrected chi connectivity index (χ0v) is 7.12. The number of nitriles is 1. The van der Waals surface area contributed by atoms with Crippen molar-refractivity contribution in [1.29, 1.82) is 5.26 Å². The Bertz CT molecular complexity index is 241. The van der Waals surface area contributed by atoms with Gasteiger partial charge in [0.15, 0.2) is 0 Å². The van der Waals surface area contributed by atoms with Gasteiger partial charge in [0.2, 0.25) is 0 Å². The number of ketones is 1. The first kappa shape index (κ1) is 7.79. The Balaban J connectivity index is 2.01. The summed E-state index contributed by atoms with van der Waals surface area (Å²) in [6.07, 6.45) is 4.98. The fourth-order valence-corrected chi connectivity index (χ4v) is 2.46. The van der Waals surface area contributed by atoms with Gasteiger partial charge in [-0.3, -0.25) is 4.79 Å². The van der Waals surface area contributed by atoms with Gasteiger partial charge >= 0.3 is 0 Å². The molecule has 3 atom stereocenters.